The Morgan fingerprint density at radius 2 is 0.966 bits per heavy atom. The van der Waals surface area contributed by atoms with Crippen molar-refractivity contribution in [3.05, 3.63) is 135 Å². The van der Waals surface area contributed by atoms with Crippen LogP contribution < -0.4 is 5.73 Å². The van der Waals surface area contributed by atoms with Gasteiger partial charge in [0, 0.05) is 30.3 Å². The van der Waals surface area contributed by atoms with E-state index in [4.69, 9.17) is 17.3 Å². The summed E-state index contributed by atoms with van der Waals surface area (Å²) in [5.41, 5.74) is -3.05. The maximum atomic E-state index is 13.0. The van der Waals surface area contributed by atoms with Crippen molar-refractivity contribution in [2.45, 2.75) is 45.1 Å². The molecule has 0 aliphatic heterocycles. The SMILES string of the molecule is Cc1cc([N+](=O)[O-])c(Cl)c([N+](=O)[O-])c1.Cc1cc([N+](=O)[O-])c2nc(-c3cc(C(F)(F)F)cc(C(F)(F)F)c3)n(O)c2c1.NCc1cc(C(F)(F)F)cc(C(F)(F)F)c1.S. The van der Waals surface area contributed by atoms with Gasteiger partial charge in [-0.15, -0.1) is 0 Å². The molecule has 0 aliphatic carbocycles. The van der Waals surface area contributed by atoms with E-state index in [-0.39, 0.29) is 53.5 Å². The van der Waals surface area contributed by atoms with E-state index in [9.17, 15) is 88.2 Å². The van der Waals surface area contributed by atoms with Crippen molar-refractivity contribution < 1.29 is 72.7 Å². The van der Waals surface area contributed by atoms with Crippen molar-refractivity contribution in [3.63, 3.8) is 0 Å². The van der Waals surface area contributed by atoms with Crippen molar-refractivity contribution in [1.82, 2.24) is 9.71 Å². The lowest BCUT2D eigenvalue weighted by Gasteiger charge is -2.13. The Kier molecular flexibility index (Phi) is 15.0. The molecule has 27 heteroatoms. The van der Waals surface area contributed by atoms with Gasteiger partial charge in [0.05, 0.1) is 37.0 Å². The number of non-ortho nitro benzene ring substituents is 1. The summed E-state index contributed by atoms with van der Waals surface area (Å²) in [6, 6.07) is 6.72. The van der Waals surface area contributed by atoms with Gasteiger partial charge in [-0.2, -0.15) is 70.9 Å². The van der Waals surface area contributed by atoms with E-state index in [0.717, 1.165) is 6.07 Å². The molecule has 0 amide bonds. The van der Waals surface area contributed by atoms with E-state index in [2.05, 4.69) is 4.98 Å². The first-order valence-corrected chi connectivity index (χ1v) is 15.5. The second kappa shape index (κ2) is 17.9. The smallest absolute Gasteiger partial charge is 0.416 e. The fourth-order valence-corrected chi connectivity index (χ4v) is 5.08. The number of benzene rings is 4. The number of alkyl halides is 12. The van der Waals surface area contributed by atoms with Crippen molar-refractivity contribution in [1.29, 1.82) is 0 Å². The van der Waals surface area contributed by atoms with Crippen molar-refractivity contribution in [2.24, 2.45) is 5.73 Å². The summed E-state index contributed by atoms with van der Waals surface area (Å²) in [6.07, 6.45) is -19.8. The second-order valence-corrected chi connectivity index (χ2v) is 12.1. The minimum Gasteiger partial charge on any atom is -0.426 e. The highest BCUT2D eigenvalue weighted by Gasteiger charge is 2.39. The van der Waals surface area contributed by atoms with Crippen LogP contribution in [0, 0.1) is 44.2 Å². The molecule has 0 aliphatic rings. The summed E-state index contributed by atoms with van der Waals surface area (Å²) in [5.74, 6) is -0.694. The van der Waals surface area contributed by atoms with Crippen molar-refractivity contribution in [2.75, 3.05) is 0 Å². The van der Waals surface area contributed by atoms with Gasteiger partial charge in [-0.3, -0.25) is 30.3 Å². The maximum absolute atomic E-state index is 13.0. The summed E-state index contributed by atoms with van der Waals surface area (Å²) >= 11 is 5.49. The molecule has 1 heterocycles. The molecule has 0 saturated heterocycles. The van der Waals surface area contributed by atoms with Crippen LogP contribution >= 0.6 is 25.1 Å². The highest BCUT2D eigenvalue weighted by Crippen LogP contribution is 2.40. The number of nitro groups is 3. The third-order valence-electron chi connectivity index (χ3n) is 7.36. The van der Waals surface area contributed by atoms with Gasteiger partial charge in [-0.25, -0.2) is 4.98 Å². The van der Waals surface area contributed by atoms with Gasteiger partial charge in [0.25, 0.3) is 17.1 Å². The Bertz CT molecular complexity index is 2300. The predicted molar refractivity (Wildman–Crippen MR) is 188 cm³/mol. The third-order valence-corrected chi connectivity index (χ3v) is 7.75. The zero-order valence-electron chi connectivity index (χ0n) is 29.1. The predicted octanol–water partition coefficient (Wildman–Crippen LogP) is 11.0. The maximum Gasteiger partial charge on any atom is 0.416 e. The first kappa shape index (κ1) is 49.3. The second-order valence-electron chi connectivity index (χ2n) is 11.7. The van der Waals surface area contributed by atoms with Crippen LogP contribution in [0.2, 0.25) is 5.02 Å². The number of nitro benzene ring substituents is 3. The lowest BCUT2D eigenvalue weighted by atomic mass is 10.0. The van der Waals surface area contributed by atoms with Gasteiger partial charge in [0.1, 0.15) is 5.52 Å². The number of rotatable bonds is 5. The molecule has 0 spiro atoms. The van der Waals surface area contributed by atoms with Gasteiger partial charge >= 0.3 is 24.7 Å². The first-order chi connectivity index (χ1) is 26.4. The normalized spacial score (nSPS) is 11.8. The Hall–Kier alpha value is -5.89. The van der Waals surface area contributed by atoms with E-state index < -0.39 is 95.2 Å². The molecule has 0 bridgehead atoms. The van der Waals surface area contributed by atoms with Gasteiger partial charge in [-0.1, -0.05) is 11.6 Å². The molecular weight excluding hydrogens is 876 g/mol. The summed E-state index contributed by atoms with van der Waals surface area (Å²) in [7, 11) is 0. The molecule has 3 N–H and O–H groups in total. The molecule has 1 aromatic heterocycles. The standard InChI is InChI=1S/C16H9F6N3O3.C9H7F6N.C7H5ClN2O4.H2S/c1-7-2-11-13(12(3-7)25(27)28)23-14(24(11)26)8-4-9(15(17,18)19)6-10(5-8)16(20,21)22;10-8(11,12)6-1-5(4-16)2-7(3-6)9(13,14)15;1-4-2-5(9(11)12)7(8)6(3-4)10(13)14;/h2-6,26H,1H3;1-3H,4,16H2;2-3H,1H3;1H2. The minimum absolute atomic E-state index is 0. The van der Waals surface area contributed by atoms with Crippen LogP contribution in [0.4, 0.5) is 69.7 Å². The number of hydrogen-bond acceptors (Lipinski definition) is 9. The van der Waals surface area contributed by atoms with Crippen molar-refractivity contribution >= 4 is 53.2 Å². The number of nitrogens with zero attached hydrogens (tertiary/aromatic N) is 5. The zero-order chi connectivity index (χ0) is 44.5. The number of fused-ring (bicyclic) bond motifs is 1. The van der Waals surface area contributed by atoms with Crippen LogP contribution in [0.5, 0.6) is 0 Å². The Morgan fingerprint density at radius 3 is 1.31 bits per heavy atom. The van der Waals surface area contributed by atoms with E-state index in [1.54, 1.807) is 0 Å². The average Bonchev–Trinajstić information content (AvgIpc) is 3.42. The van der Waals surface area contributed by atoms with Gasteiger partial charge in [-0.05, 0) is 73.0 Å². The van der Waals surface area contributed by atoms with Gasteiger partial charge in [0.15, 0.2) is 16.4 Å². The summed E-state index contributed by atoms with van der Waals surface area (Å²) < 4.78 is 152. The quantitative estimate of drug-likeness (QED) is 0.0747. The molecule has 0 atom stereocenters. The molecule has 59 heavy (non-hydrogen) atoms. The fraction of sp³-hybridized carbons (Fsp3) is 0.219. The molecule has 5 aromatic rings. The Balaban J connectivity index is 0.000000330. The van der Waals surface area contributed by atoms with Crippen LogP contribution in [0.3, 0.4) is 0 Å². The molecule has 0 radical (unpaired) electrons. The number of nitrogens with two attached hydrogens (primary N) is 1. The summed E-state index contributed by atoms with van der Waals surface area (Å²) in [4.78, 5) is 33.5. The van der Waals surface area contributed by atoms with Crippen LogP contribution in [0.15, 0.2) is 60.7 Å². The van der Waals surface area contributed by atoms with E-state index in [0.29, 0.717) is 35.4 Å². The molecule has 320 valence electrons. The Morgan fingerprint density at radius 1 is 0.627 bits per heavy atom. The van der Waals surface area contributed by atoms with Crippen LogP contribution in [-0.4, -0.2) is 29.7 Å². The van der Waals surface area contributed by atoms with Gasteiger partial charge < -0.3 is 10.9 Å². The molecule has 5 rings (SSSR count). The monoisotopic (exact) mass is 898 g/mol. The van der Waals surface area contributed by atoms with E-state index in [1.807, 2.05) is 0 Å². The van der Waals surface area contributed by atoms with Crippen molar-refractivity contribution in [3.8, 4) is 11.4 Å². The fourth-order valence-electron chi connectivity index (χ4n) is 4.83. The van der Waals surface area contributed by atoms with E-state index >= 15 is 0 Å². The number of halogens is 13. The molecule has 13 nitrogen and oxygen atoms in total. The molecule has 0 fully saturated rings. The van der Waals surface area contributed by atoms with E-state index in [1.165, 1.54) is 32.0 Å². The first-order valence-electron chi connectivity index (χ1n) is 15.1. The minimum atomic E-state index is -5.09. The molecule has 0 saturated carbocycles. The number of imidazole rings is 1. The highest BCUT2D eigenvalue weighted by atomic mass is 35.5. The number of aryl methyl sites for hydroxylation is 2. The average molecular weight is 899 g/mol. The molecule has 0 unspecified atom stereocenters. The number of aromatic nitrogens is 2. The lowest BCUT2D eigenvalue weighted by molar-refractivity contribution is -0.394. The molecular formula is C32H23ClF12N6O7S. The third kappa shape index (κ3) is 12.1. The van der Waals surface area contributed by atoms with Crippen LogP contribution in [-0.2, 0) is 31.2 Å². The van der Waals surface area contributed by atoms with Crippen LogP contribution in [0.1, 0.15) is 38.9 Å². The summed E-state index contributed by atoms with van der Waals surface area (Å²) in [6.45, 7) is 2.61. The van der Waals surface area contributed by atoms with Gasteiger partial charge in [0.2, 0.25) is 0 Å². The topological polar surface area (TPSA) is 193 Å². The highest BCUT2D eigenvalue weighted by molar-refractivity contribution is 7.59. The Labute approximate surface area is 332 Å². The zero-order valence-corrected chi connectivity index (χ0v) is 30.9. The largest absolute Gasteiger partial charge is 0.426 e. The number of hydrogen-bond donors (Lipinski definition) is 2. The molecule has 4 aromatic carbocycles. The lowest BCUT2D eigenvalue weighted by Crippen LogP contribution is -2.12. The van der Waals surface area contributed by atoms with Crippen LogP contribution in [0.25, 0.3) is 22.4 Å². The summed E-state index contributed by atoms with van der Waals surface area (Å²) in [5, 5.41) is 41.9.